The number of nitrogens with one attached hydrogen (secondary N) is 2. The van der Waals surface area contributed by atoms with E-state index in [0.29, 0.717) is 52.2 Å². The molecule has 0 saturated heterocycles. The summed E-state index contributed by atoms with van der Waals surface area (Å²) in [5.41, 5.74) is 4.34. The van der Waals surface area contributed by atoms with Gasteiger partial charge in [-0.15, -0.1) is 0 Å². The molecular weight excluding hydrogens is 551 g/mol. The summed E-state index contributed by atoms with van der Waals surface area (Å²) in [6, 6.07) is 3.08. The molecule has 0 spiro atoms. The van der Waals surface area contributed by atoms with E-state index in [2.05, 4.69) is 66.8 Å². The Labute approximate surface area is 238 Å². The lowest BCUT2D eigenvalue weighted by molar-refractivity contribution is 0.0946. The summed E-state index contributed by atoms with van der Waals surface area (Å²) >= 11 is 6.13. The van der Waals surface area contributed by atoms with Crippen LogP contribution in [0.2, 0.25) is 21.9 Å². The molecule has 0 radical (unpaired) electrons. The quantitative estimate of drug-likeness (QED) is 0.185. The highest BCUT2D eigenvalue weighted by molar-refractivity contribution is 6.93. The Bertz CT molecular complexity index is 1550. The number of hydrogen-bond donors (Lipinski definition) is 2. The van der Waals surface area contributed by atoms with E-state index in [0.717, 1.165) is 17.4 Å². The van der Waals surface area contributed by atoms with Crippen LogP contribution in [0.4, 0.5) is 4.39 Å². The SMILES string of the molecule is CC(C)[Si](c1ncc(-c2cnc(Cl)nc2Oc2cc(-c3cc4c([nH]3)CCNC4=O)c(F)cn2)o1)(C(C)C)C(C)C. The second-order valence-electron chi connectivity index (χ2n) is 11.0. The van der Waals surface area contributed by atoms with E-state index in [9.17, 15) is 9.18 Å². The van der Waals surface area contributed by atoms with Gasteiger partial charge in [0.2, 0.25) is 17.0 Å². The first-order valence-electron chi connectivity index (χ1n) is 13.3. The molecule has 210 valence electrons. The number of hydrogen-bond acceptors (Lipinski definition) is 7. The summed E-state index contributed by atoms with van der Waals surface area (Å²) in [4.78, 5) is 32.6. The number of ether oxygens (including phenoxy) is 1. The summed E-state index contributed by atoms with van der Waals surface area (Å²) in [5.74, 6) is -0.125. The molecule has 40 heavy (non-hydrogen) atoms. The fourth-order valence-corrected chi connectivity index (χ4v) is 12.3. The van der Waals surface area contributed by atoms with Crippen LogP contribution in [0.1, 0.15) is 57.6 Å². The smallest absolute Gasteiger partial charge is 0.253 e. The van der Waals surface area contributed by atoms with Crippen LogP contribution in [-0.2, 0) is 6.42 Å². The Hall–Kier alpha value is -3.57. The molecular formula is C28H32ClFN6O3Si. The highest BCUT2D eigenvalue weighted by Crippen LogP contribution is 2.42. The fraction of sp³-hybridized carbons (Fsp3) is 0.393. The molecule has 0 saturated carbocycles. The second kappa shape index (κ2) is 10.8. The Morgan fingerprint density at radius 1 is 0.975 bits per heavy atom. The minimum Gasteiger partial charge on any atom is -0.445 e. The van der Waals surface area contributed by atoms with Crippen LogP contribution in [0.5, 0.6) is 11.8 Å². The van der Waals surface area contributed by atoms with E-state index in [-0.39, 0.29) is 28.5 Å². The molecule has 4 aromatic heterocycles. The van der Waals surface area contributed by atoms with E-state index < -0.39 is 13.9 Å². The van der Waals surface area contributed by atoms with Gasteiger partial charge in [-0.25, -0.2) is 19.3 Å². The van der Waals surface area contributed by atoms with Gasteiger partial charge in [0.15, 0.2) is 25.2 Å². The van der Waals surface area contributed by atoms with Crippen LogP contribution in [0.3, 0.4) is 0 Å². The number of carbonyl (C=O) groups excluding carboxylic acids is 1. The van der Waals surface area contributed by atoms with Crippen molar-refractivity contribution in [3.05, 3.63) is 53.1 Å². The van der Waals surface area contributed by atoms with Gasteiger partial charge in [0.1, 0.15) is 0 Å². The molecule has 9 nitrogen and oxygen atoms in total. The van der Waals surface area contributed by atoms with Crippen LogP contribution in [0.25, 0.3) is 22.6 Å². The van der Waals surface area contributed by atoms with Crippen molar-refractivity contribution in [1.29, 1.82) is 0 Å². The molecule has 4 aromatic rings. The molecule has 0 unspecified atom stereocenters. The first kappa shape index (κ1) is 28.0. The summed E-state index contributed by atoms with van der Waals surface area (Å²) in [6.45, 7) is 13.9. The Morgan fingerprint density at radius 2 is 1.70 bits per heavy atom. The predicted molar refractivity (Wildman–Crippen MR) is 153 cm³/mol. The zero-order chi connectivity index (χ0) is 28.8. The van der Waals surface area contributed by atoms with Crippen molar-refractivity contribution in [3.63, 3.8) is 0 Å². The Balaban J connectivity index is 1.52. The Kier molecular flexibility index (Phi) is 7.53. The third-order valence-corrected chi connectivity index (χ3v) is 14.7. The topological polar surface area (TPSA) is 119 Å². The molecule has 0 fully saturated rings. The van der Waals surface area contributed by atoms with Gasteiger partial charge in [-0.05, 0) is 34.3 Å². The third kappa shape index (κ3) is 4.81. The number of amides is 1. The number of rotatable bonds is 8. The molecule has 0 atom stereocenters. The minimum atomic E-state index is -2.15. The number of carbonyl (C=O) groups is 1. The van der Waals surface area contributed by atoms with Crippen LogP contribution in [0, 0.1) is 5.82 Å². The van der Waals surface area contributed by atoms with E-state index in [1.165, 1.54) is 12.3 Å². The molecule has 0 aromatic carbocycles. The molecule has 1 amide bonds. The number of aromatic nitrogens is 5. The minimum absolute atomic E-state index is 0.0286. The van der Waals surface area contributed by atoms with Crippen molar-refractivity contribution in [2.75, 3.05) is 6.54 Å². The van der Waals surface area contributed by atoms with Crippen molar-refractivity contribution < 1.29 is 18.3 Å². The Morgan fingerprint density at radius 3 is 2.38 bits per heavy atom. The first-order valence-corrected chi connectivity index (χ1v) is 16.0. The number of oxazole rings is 1. The van der Waals surface area contributed by atoms with Crippen molar-refractivity contribution in [2.45, 2.75) is 64.6 Å². The van der Waals surface area contributed by atoms with Crippen LogP contribution >= 0.6 is 11.6 Å². The molecule has 5 rings (SSSR count). The van der Waals surface area contributed by atoms with Crippen molar-refractivity contribution in [2.24, 2.45) is 0 Å². The van der Waals surface area contributed by atoms with Crippen molar-refractivity contribution in [1.82, 2.24) is 30.2 Å². The van der Waals surface area contributed by atoms with Gasteiger partial charge in [-0.1, -0.05) is 41.5 Å². The first-order chi connectivity index (χ1) is 19.0. The molecule has 0 aliphatic carbocycles. The lowest BCUT2D eigenvalue weighted by Crippen LogP contribution is -2.56. The number of H-pyrrole nitrogens is 1. The number of aromatic amines is 1. The fourth-order valence-electron chi connectivity index (χ4n) is 6.15. The standard InChI is InChI=1S/C28H32ClFN6O3Si/c1-14(2)40(15(3)4,16(5)6)28-34-13-23(38-28)19-11-33-27(29)36-26(19)39-24-10-17(20(30)12-32-24)22-9-18-21(35-22)7-8-31-25(18)37/h9-16,35H,7-8H2,1-6H3,(H,31,37). The number of nitrogens with zero attached hydrogens (tertiary/aromatic N) is 4. The molecule has 2 N–H and O–H groups in total. The zero-order valence-corrected chi connectivity index (χ0v) is 25.1. The summed E-state index contributed by atoms with van der Waals surface area (Å²) in [6.07, 6.45) is 4.88. The lowest BCUT2D eigenvalue weighted by Gasteiger charge is -2.39. The van der Waals surface area contributed by atoms with E-state index in [4.69, 9.17) is 25.7 Å². The largest absolute Gasteiger partial charge is 0.445 e. The molecule has 0 bridgehead atoms. The summed E-state index contributed by atoms with van der Waals surface area (Å²) in [5, 5.41) is 2.76. The van der Waals surface area contributed by atoms with Gasteiger partial charge in [0.05, 0.1) is 23.5 Å². The van der Waals surface area contributed by atoms with E-state index in [1.807, 2.05) is 0 Å². The molecule has 1 aliphatic rings. The summed E-state index contributed by atoms with van der Waals surface area (Å²) < 4.78 is 27.3. The van der Waals surface area contributed by atoms with Gasteiger partial charge < -0.3 is 19.5 Å². The molecule has 12 heteroatoms. The maximum atomic E-state index is 14.9. The summed E-state index contributed by atoms with van der Waals surface area (Å²) in [7, 11) is -2.15. The van der Waals surface area contributed by atoms with E-state index >= 15 is 0 Å². The van der Waals surface area contributed by atoms with Gasteiger partial charge in [-0.2, -0.15) is 4.98 Å². The van der Waals surface area contributed by atoms with Gasteiger partial charge in [-0.3, -0.25) is 4.79 Å². The van der Waals surface area contributed by atoms with Gasteiger partial charge >= 0.3 is 0 Å². The van der Waals surface area contributed by atoms with Crippen LogP contribution in [-0.4, -0.2) is 45.4 Å². The predicted octanol–water partition coefficient (Wildman–Crippen LogP) is 6.28. The van der Waals surface area contributed by atoms with Crippen molar-refractivity contribution in [3.8, 4) is 34.3 Å². The average Bonchev–Trinajstić information content (AvgIpc) is 3.54. The molecule has 5 heterocycles. The zero-order valence-electron chi connectivity index (χ0n) is 23.3. The second-order valence-corrected chi connectivity index (χ2v) is 17.1. The third-order valence-electron chi connectivity index (χ3n) is 7.86. The maximum absolute atomic E-state index is 14.9. The van der Waals surface area contributed by atoms with Crippen LogP contribution in [0.15, 0.2) is 35.1 Å². The maximum Gasteiger partial charge on any atom is 0.253 e. The van der Waals surface area contributed by atoms with Gasteiger partial charge in [0, 0.05) is 42.2 Å². The van der Waals surface area contributed by atoms with Crippen molar-refractivity contribution >= 4 is 31.1 Å². The number of pyridine rings is 1. The number of halogens is 2. The molecule has 1 aliphatic heterocycles. The lowest BCUT2D eigenvalue weighted by atomic mass is 10.1. The van der Waals surface area contributed by atoms with Crippen LogP contribution < -0.4 is 15.6 Å². The van der Waals surface area contributed by atoms with Gasteiger partial charge in [0.25, 0.3) is 5.91 Å². The highest BCUT2D eigenvalue weighted by atomic mass is 35.5. The normalized spacial score (nSPS) is 13.7. The highest BCUT2D eigenvalue weighted by Gasteiger charge is 2.49. The monoisotopic (exact) mass is 582 g/mol. The number of fused-ring (bicyclic) bond motifs is 1. The van der Waals surface area contributed by atoms with E-state index in [1.54, 1.807) is 12.3 Å². The average molecular weight is 583 g/mol.